The Morgan fingerprint density at radius 1 is 1.00 bits per heavy atom. The molecule has 0 aliphatic rings. The third kappa shape index (κ3) is 3.84. The molecule has 0 nitrogen and oxygen atoms in total. The average Bonchev–Trinajstić information content (AvgIpc) is 2.42. The van der Waals surface area contributed by atoms with Crippen molar-refractivity contribution in [3.63, 3.8) is 0 Å². The van der Waals surface area contributed by atoms with E-state index in [1.54, 1.807) is 0 Å². The Morgan fingerprint density at radius 3 is 2.35 bits per heavy atom. The van der Waals surface area contributed by atoms with Gasteiger partial charge in [-0.15, -0.1) is 0 Å². The number of hydrogen-bond acceptors (Lipinski definition) is 0. The number of benzene rings is 2. The van der Waals surface area contributed by atoms with Crippen LogP contribution in [0.3, 0.4) is 0 Å². The summed E-state index contributed by atoms with van der Waals surface area (Å²) in [4.78, 5) is 0. The standard InChI is InChI=1S/C20H24/c1-15(2)17(4)13-19-11-10-16(3)12-20(19)14-18-8-6-5-7-9-18/h5-12,15H,4,13-14H2,1-3H3. The molecule has 0 atom stereocenters. The first-order valence-corrected chi connectivity index (χ1v) is 7.36. The molecule has 0 N–H and O–H groups in total. The van der Waals surface area contributed by atoms with Gasteiger partial charge in [-0.25, -0.2) is 0 Å². The molecule has 20 heavy (non-hydrogen) atoms. The molecule has 0 aromatic heterocycles. The van der Waals surface area contributed by atoms with Crippen LogP contribution in [0.5, 0.6) is 0 Å². The Hall–Kier alpha value is -1.82. The van der Waals surface area contributed by atoms with Crippen LogP contribution in [0.1, 0.15) is 36.1 Å². The van der Waals surface area contributed by atoms with Crippen molar-refractivity contribution in [3.8, 4) is 0 Å². The second-order valence-corrected chi connectivity index (χ2v) is 5.92. The minimum atomic E-state index is 0.542. The molecule has 0 fully saturated rings. The topological polar surface area (TPSA) is 0 Å². The van der Waals surface area contributed by atoms with Gasteiger partial charge in [-0.3, -0.25) is 0 Å². The summed E-state index contributed by atoms with van der Waals surface area (Å²) in [7, 11) is 0. The third-order valence-electron chi connectivity index (χ3n) is 3.83. The molecular weight excluding hydrogens is 240 g/mol. The van der Waals surface area contributed by atoms with Crippen molar-refractivity contribution in [2.45, 2.75) is 33.6 Å². The molecule has 2 aromatic rings. The van der Waals surface area contributed by atoms with Crippen molar-refractivity contribution in [1.82, 2.24) is 0 Å². The molecule has 0 saturated heterocycles. The molecule has 0 spiro atoms. The van der Waals surface area contributed by atoms with E-state index < -0.39 is 0 Å². The maximum atomic E-state index is 4.22. The van der Waals surface area contributed by atoms with Gasteiger partial charge in [-0.2, -0.15) is 0 Å². The fourth-order valence-electron chi connectivity index (χ4n) is 2.36. The van der Waals surface area contributed by atoms with E-state index in [4.69, 9.17) is 0 Å². The molecule has 0 heterocycles. The summed E-state index contributed by atoms with van der Waals surface area (Å²) in [6.07, 6.45) is 1.99. The zero-order chi connectivity index (χ0) is 14.5. The van der Waals surface area contributed by atoms with Gasteiger partial charge >= 0.3 is 0 Å². The lowest BCUT2D eigenvalue weighted by Crippen LogP contribution is -2.02. The minimum absolute atomic E-state index is 0.542. The van der Waals surface area contributed by atoms with Crippen molar-refractivity contribution in [1.29, 1.82) is 0 Å². The quantitative estimate of drug-likeness (QED) is 0.639. The molecule has 0 aliphatic carbocycles. The summed E-state index contributed by atoms with van der Waals surface area (Å²) in [5, 5.41) is 0. The van der Waals surface area contributed by atoms with Gasteiger partial charge in [0.2, 0.25) is 0 Å². The first-order valence-electron chi connectivity index (χ1n) is 7.36. The van der Waals surface area contributed by atoms with Crippen molar-refractivity contribution in [2.75, 3.05) is 0 Å². The average molecular weight is 264 g/mol. The largest absolute Gasteiger partial charge is 0.0993 e. The van der Waals surface area contributed by atoms with E-state index in [1.807, 2.05) is 0 Å². The predicted molar refractivity (Wildman–Crippen MR) is 88.1 cm³/mol. The van der Waals surface area contributed by atoms with E-state index in [0.717, 1.165) is 12.8 Å². The summed E-state index contributed by atoms with van der Waals surface area (Å²) in [5.41, 5.74) is 6.85. The van der Waals surface area contributed by atoms with Crippen molar-refractivity contribution >= 4 is 0 Å². The van der Waals surface area contributed by atoms with Gasteiger partial charge in [-0.1, -0.05) is 80.1 Å². The molecule has 0 saturated carbocycles. The highest BCUT2D eigenvalue weighted by molar-refractivity contribution is 5.38. The normalized spacial score (nSPS) is 10.8. The second-order valence-electron chi connectivity index (χ2n) is 5.92. The molecule has 0 unspecified atom stereocenters. The number of allylic oxidation sites excluding steroid dienone is 1. The van der Waals surface area contributed by atoms with Crippen LogP contribution < -0.4 is 0 Å². The highest BCUT2D eigenvalue weighted by atomic mass is 14.1. The van der Waals surface area contributed by atoms with E-state index >= 15 is 0 Å². The van der Waals surface area contributed by atoms with Gasteiger partial charge in [0.15, 0.2) is 0 Å². The first kappa shape index (κ1) is 14.6. The van der Waals surface area contributed by atoms with Gasteiger partial charge in [0.25, 0.3) is 0 Å². The van der Waals surface area contributed by atoms with E-state index in [9.17, 15) is 0 Å². The smallest absolute Gasteiger partial charge is 0.00228 e. The summed E-state index contributed by atoms with van der Waals surface area (Å²) >= 11 is 0. The van der Waals surface area contributed by atoms with Crippen LogP contribution in [-0.4, -0.2) is 0 Å². The van der Waals surface area contributed by atoms with Crippen molar-refractivity contribution < 1.29 is 0 Å². The van der Waals surface area contributed by atoms with Crippen molar-refractivity contribution in [3.05, 3.63) is 82.9 Å². The Bertz CT molecular complexity index is 576. The van der Waals surface area contributed by atoms with Gasteiger partial charge < -0.3 is 0 Å². The minimum Gasteiger partial charge on any atom is -0.0993 e. The van der Waals surface area contributed by atoms with Gasteiger partial charge in [0.05, 0.1) is 0 Å². The Labute approximate surface area is 123 Å². The molecule has 0 radical (unpaired) electrons. The van der Waals surface area contributed by atoms with Crippen LogP contribution in [0.15, 0.2) is 60.7 Å². The van der Waals surface area contributed by atoms with Crippen LogP contribution >= 0.6 is 0 Å². The molecule has 0 bridgehead atoms. The zero-order valence-corrected chi connectivity index (χ0v) is 12.8. The summed E-state index contributed by atoms with van der Waals surface area (Å²) < 4.78 is 0. The fraction of sp³-hybridized carbons (Fsp3) is 0.300. The SMILES string of the molecule is C=C(Cc1ccc(C)cc1Cc1ccccc1)C(C)C. The molecule has 0 amide bonds. The van der Waals surface area contributed by atoms with E-state index in [2.05, 4.69) is 75.9 Å². The Balaban J connectivity index is 2.26. The van der Waals surface area contributed by atoms with Crippen LogP contribution in [0, 0.1) is 12.8 Å². The van der Waals surface area contributed by atoms with Gasteiger partial charge in [-0.05, 0) is 42.4 Å². The molecule has 104 valence electrons. The number of hydrogen-bond donors (Lipinski definition) is 0. The lowest BCUT2D eigenvalue weighted by Gasteiger charge is -2.14. The molecule has 2 aromatic carbocycles. The second kappa shape index (κ2) is 6.56. The van der Waals surface area contributed by atoms with E-state index in [1.165, 1.54) is 27.8 Å². The van der Waals surface area contributed by atoms with Gasteiger partial charge in [0, 0.05) is 0 Å². The maximum Gasteiger partial charge on any atom is -0.00228 e. The van der Waals surface area contributed by atoms with Gasteiger partial charge in [0.1, 0.15) is 0 Å². The Kier molecular flexibility index (Phi) is 4.79. The van der Waals surface area contributed by atoms with Crippen LogP contribution in [-0.2, 0) is 12.8 Å². The van der Waals surface area contributed by atoms with Crippen molar-refractivity contribution in [2.24, 2.45) is 5.92 Å². The zero-order valence-electron chi connectivity index (χ0n) is 12.8. The Morgan fingerprint density at radius 2 is 1.70 bits per heavy atom. The van der Waals surface area contributed by atoms with Crippen LogP contribution in [0.25, 0.3) is 0 Å². The van der Waals surface area contributed by atoms with Crippen LogP contribution in [0.4, 0.5) is 0 Å². The highest BCUT2D eigenvalue weighted by Crippen LogP contribution is 2.21. The van der Waals surface area contributed by atoms with E-state index in [0.29, 0.717) is 5.92 Å². The highest BCUT2D eigenvalue weighted by Gasteiger charge is 2.08. The predicted octanol–water partition coefficient (Wildman–Crippen LogP) is 5.34. The number of aryl methyl sites for hydroxylation is 1. The molecular formula is C20H24. The monoisotopic (exact) mass is 264 g/mol. The number of rotatable bonds is 5. The first-order chi connectivity index (χ1) is 9.56. The summed E-state index contributed by atoms with van der Waals surface area (Å²) in [5.74, 6) is 0.542. The summed E-state index contributed by atoms with van der Waals surface area (Å²) in [6, 6.07) is 17.5. The molecule has 0 aliphatic heterocycles. The molecule has 2 rings (SSSR count). The third-order valence-corrected chi connectivity index (χ3v) is 3.83. The maximum absolute atomic E-state index is 4.22. The summed E-state index contributed by atoms with van der Waals surface area (Å²) in [6.45, 7) is 10.8. The van der Waals surface area contributed by atoms with E-state index in [-0.39, 0.29) is 0 Å². The lowest BCUT2D eigenvalue weighted by atomic mass is 9.91. The lowest BCUT2D eigenvalue weighted by molar-refractivity contribution is 0.743. The van der Waals surface area contributed by atoms with Crippen LogP contribution in [0.2, 0.25) is 0 Å². The fourth-order valence-corrected chi connectivity index (χ4v) is 2.36. The molecule has 0 heteroatoms.